The Morgan fingerprint density at radius 2 is 2.00 bits per heavy atom. The molecule has 0 bridgehead atoms. The molecule has 0 radical (unpaired) electrons. The summed E-state index contributed by atoms with van der Waals surface area (Å²) < 4.78 is 0. The number of nitrogens with zero attached hydrogens (tertiary/aromatic N) is 1. The van der Waals surface area contributed by atoms with E-state index in [1.807, 2.05) is 0 Å². The number of nitrogens with one attached hydrogen (secondary N) is 1. The summed E-state index contributed by atoms with van der Waals surface area (Å²) >= 11 is 0. The highest BCUT2D eigenvalue weighted by Gasteiger charge is 2.29. The van der Waals surface area contributed by atoms with Crippen molar-refractivity contribution in [1.29, 1.82) is 0 Å². The third-order valence-electron chi connectivity index (χ3n) is 5.48. The van der Waals surface area contributed by atoms with Crippen LogP contribution in [0.2, 0.25) is 0 Å². The summed E-state index contributed by atoms with van der Waals surface area (Å²) in [4.78, 5) is 2.43. The number of piperazine rings is 1. The number of aryl methyl sites for hydroxylation is 1. The van der Waals surface area contributed by atoms with E-state index >= 15 is 0 Å². The zero-order chi connectivity index (χ0) is 17.2. The van der Waals surface area contributed by atoms with Crippen molar-refractivity contribution in [2.75, 3.05) is 26.2 Å². The number of benzene rings is 1. The van der Waals surface area contributed by atoms with Crippen molar-refractivity contribution >= 4 is 5.57 Å². The van der Waals surface area contributed by atoms with Crippen LogP contribution in [0.3, 0.4) is 0 Å². The molecule has 3 rings (SSSR count). The van der Waals surface area contributed by atoms with Gasteiger partial charge < -0.3 is 10.2 Å². The number of allylic oxidation sites excluding steroid dienone is 5. The molecule has 0 atom stereocenters. The number of rotatable bonds is 4. The topological polar surface area (TPSA) is 15.3 Å². The summed E-state index contributed by atoms with van der Waals surface area (Å²) in [5, 5.41) is 3.39. The van der Waals surface area contributed by atoms with Crippen molar-refractivity contribution in [3.8, 4) is 0 Å². The minimum atomic E-state index is 0.300. The van der Waals surface area contributed by atoms with Crippen LogP contribution in [0.4, 0.5) is 0 Å². The quantitative estimate of drug-likeness (QED) is 0.832. The molecule has 0 saturated carbocycles. The van der Waals surface area contributed by atoms with Gasteiger partial charge in [-0.25, -0.2) is 0 Å². The highest BCUT2D eigenvalue weighted by molar-refractivity contribution is 5.73. The lowest BCUT2D eigenvalue weighted by Gasteiger charge is -2.29. The third-order valence-corrected chi connectivity index (χ3v) is 5.48. The minimum absolute atomic E-state index is 0.300. The SMILES string of the molecule is C=C(/C=C\C=C(/C)N1CCNCC1)c1ccc2c(c1)C(C)(C)CC2. The Balaban J connectivity index is 1.69. The lowest BCUT2D eigenvalue weighted by Crippen LogP contribution is -2.42. The van der Waals surface area contributed by atoms with E-state index in [4.69, 9.17) is 0 Å². The zero-order valence-electron chi connectivity index (χ0n) is 15.4. The molecular weight excluding hydrogens is 292 g/mol. The predicted molar refractivity (Wildman–Crippen MR) is 104 cm³/mol. The Kier molecular flexibility index (Phi) is 4.96. The fraction of sp³-hybridized carbons (Fsp3) is 0.455. The van der Waals surface area contributed by atoms with Crippen LogP contribution < -0.4 is 5.32 Å². The Hall–Kier alpha value is -1.80. The first kappa shape index (κ1) is 17.0. The van der Waals surface area contributed by atoms with Gasteiger partial charge in [0.15, 0.2) is 0 Å². The van der Waals surface area contributed by atoms with Crippen molar-refractivity contribution in [2.24, 2.45) is 0 Å². The smallest absolute Gasteiger partial charge is 0.0300 e. The van der Waals surface area contributed by atoms with Gasteiger partial charge in [0.05, 0.1) is 0 Å². The Morgan fingerprint density at radius 3 is 2.75 bits per heavy atom. The fourth-order valence-electron chi connectivity index (χ4n) is 3.73. The molecule has 1 aromatic rings. The molecule has 24 heavy (non-hydrogen) atoms. The van der Waals surface area contributed by atoms with Crippen molar-refractivity contribution in [1.82, 2.24) is 10.2 Å². The minimum Gasteiger partial charge on any atom is -0.372 e. The second kappa shape index (κ2) is 6.98. The summed E-state index contributed by atoms with van der Waals surface area (Å²) in [5.74, 6) is 0. The number of hydrogen-bond acceptors (Lipinski definition) is 2. The third kappa shape index (κ3) is 3.64. The van der Waals surface area contributed by atoms with Crippen LogP contribution >= 0.6 is 0 Å². The first-order chi connectivity index (χ1) is 11.5. The molecule has 0 aromatic heterocycles. The predicted octanol–water partition coefficient (Wildman–Crippen LogP) is 4.29. The standard InChI is InChI=1S/C22H30N2/c1-17(6-5-7-18(2)24-14-12-23-13-15-24)20-9-8-19-10-11-22(3,4)21(19)16-20/h5-9,16,23H,1,10-15H2,2-4H3/b6-5-,18-7+. The molecule has 1 fully saturated rings. The molecule has 128 valence electrons. The highest BCUT2D eigenvalue weighted by Crippen LogP contribution is 2.39. The van der Waals surface area contributed by atoms with Gasteiger partial charge in [0.25, 0.3) is 0 Å². The maximum atomic E-state index is 4.27. The van der Waals surface area contributed by atoms with Gasteiger partial charge in [-0.3, -0.25) is 0 Å². The first-order valence-corrected chi connectivity index (χ1v) is 9.11. The monoisotopic (exact) mass is 322 g/mol. The van der Waals surface area contributed by atoms with Crippen LogP contribution in [0.1, 0.15) is 43.9 Å². The van der Waals surface area contributed by atoms with Gasteiger partial charge in [-0.2, -0.15) is 0 Å². The average Bonchev–Trinajstić information content (AvgIpc) is 2.90. The Bertz CT molecular complexity index is 673. The summed E-state index contributed by atoms with van der Waals surface area (Å²) in [6.07, 6.45) is 8.93. The lowest BCUT2D eigenvalue weighted by atomic mass is 9.85. The van der Waals surface area contributed by atoms with Crippen molar-refractivity contribution in [3.63, 3.8) is 0 Å². The van der Waals surface area contributed by atoms with Crippen molar-refractivity contribution in [2.45, 2.75) is 39.0 Å². The van der Waals surface area contributed by atoms with Gasteiger partial charge in [-0.05, 0) is 53.5 Å². The summed E-state index contributed by atoms with van der Waals surface area (Å²) in [6, 6.07) is 6.86. The van der Waals surface area contributed by atoms with Gasteiger partial charge >= 0.3 is 0 Å². The average molecular weight is 322 g/mol. The Labute approximate surface area is 146 Å². The van der Waals surface area contributed by atoms with Crippen LogP contribution in [-0.2, 0) is 11.8 Å². The summed E-state index contributed by atoms with van der Waals surface area (Å²) in [5.41, 5.74) is 6.97. The van der Waals surface area contributed by atoms with E-state index in [2.05, 4.69) is 74.0 Å². The van der Waals surface area contributed by atoms with Crippen LogP contribution in [0.15, 0.2) is 48.7 Å². The molecule has 1 saturated heterocycles. The molecule has 0 unspecified atom stereocenters. The van der Waals surface area contributed by atoms with Gasteiger partial charge in [-0.1, -0.05) is 50.8 Å². The van der Waals surface area contributed by atoms with Crippen LogP contribution in [-0.4, -0.2) is 31.1 Å². The van der Waals surface area contributed by atoms with E-state index in [-0.39, 0.29) is 0 Å². The van der Waals surface area contributed by atoms with E-state index < -0.39 is 0 Å². The normalized spacial score (nSPS) is 20.5. The maximum absolute atomic E-state index is 4.27. The molecule has 1 N–H and O–H groups in total. The summed E-state index contributed by atoms with van der Waals surface area (Å²) in [7, 11) is 0. The molecule has 2 aliphatic rings. The van der Waals surface area contributed by atoms with Crippen LogP contribution in [0.25, 0.3) is 5.57 Å². The molecule has 1 aliphatic carbocycles. The highest BCUT2D eigenvalue weighted by atomic mass is 15.2. The second-order valence-electron chi connectivity index (χ2n) is 7.69. The van der Waals surface area contributed by atoms with E-state index in [0.717, 1.165) is 31.8 Å². The van der Waals surface area contributed by atoms with Crippen LogP contribution in [0.5, 0.6) is 0 Å². The van der Waals surface area contributed by atoms with E-state index in [9.17, 15) is 0 Å². The number of fused-ring (bicyclic) bond motifs is 1. The number of hydrogen-bond donors (Lipinski definition) is 1. The molecule has 0 spiro atoms. The maximum Gasteiger partial charge on any atom is 0.0300 e. The molecular formula is C22H30N2. The molecule has 1 heterocycles. The Morgan fingerprint density at radius 1 is 1.25 bits per heavy atom. The van der Waals surface area contributed by atoms with E-state index in [0.29, 0.717) is 5.41 Å². The largest absolute Gasteiger partial charge is 0.372 e. The van der Waals surface area contributed by atoms with Gasteiger partial charge in [-0.15, -0.1) is 0 Å². The lowest BCUT2D eigenvalue weighted by molar-refractivity contribution is 0.300. The molecule has 0 amide bonds. The van der Waals surface area contributed by atoms with Gasteiger partial charge in [0, 0.05) is 31.9 Å². The van der Waals surface area contributed by atoms with Crippen LogP contribution in [0, 0.1) is 0 Å². The molecule has 2 nitrogen and oxygen atoms in total. The van der Waals surface area contributed by atoms with Gasteiger partial charge in [0.2, 0.25) is 0 Å². The van der Waals surface area contributed by atoms with Crippen molar-refractivity contribution in [3.05, 3.63) is 65.4 Å². The zero-order valence-corrected chi connectivity index (χ0v) is 15.4. The molecule has 1 aliphatic heterocycles. The summed E-state index contributed by atoms with van der Waals surface area (Å²) in [6.45, 7) is 15.5. The molecule has 1 aromatic carbocycles. The first-order valence-electron chi connectivity index (χ1n) is 9.11. The van der Waals surface area contributed by atoms with Gasteiger partial charge in [0.1, 0.15) is 0 Å². The van der Waals surface area contributed by atoms with Crippen molar-refractivity contribution < 1.29 is 0 Å². The van der Waals surface area contributed by atoms with E-state index in [1.165, 1.54) is 35.2 Å². The molecule has 2 heteroatoms. The second-order valence-corrected chi connectivity index (χ2v) is 7.69. The fourth-order valence-corrected chi connectivity index (χ4v) is 3.73. The van der Waals surface area contributed by atoms with E-state index in [1.54, 1.807) is 0 Å².